The third-order valence-corrected chi connectivity index (χ3v) is 2.82. The molecule has 5 heteroatoms. The van der Waals surface area contributed by atoms with Gasteiger partial charge in [0.1, 0.15) is 5.56 Å². The second-order valence-electron chi connectivity index (χ2n) is 4.14. The van der Waals surface area contributed by atoms with Gasteiger partial charge in [0.15, 0.2) is 5.82 Å². The molecule has 86 valence electrons. The van der Waals surface area contributed by atoms with Crippen molar-refractivity contribution < 1.29 is 9.90 Å². The van der Waals surface area contributed by atoms with Crippen molar-refractivity contribution in [2.45, 2.75) is 18.8 Å². The summed E-state index contributed by atoms with van der Waals surface area (Å²) in [7, 11) is 0. The Hall–Kier alpha value is -2.17. The number of hydrogen-bond acceptors (Lipinski definition) is 3. The highest BCUT2D eigenvalue weighted by Gasteiger charge is 2.31. The molecule has 0 unspecified atom stereocenters. The van der Waals surface area contributed by atoms with Crippen LogP contribution in [0.2, 0.25) is 0 Å². The average Bonchev–Trinajstić information content (AvgIpc) is 3.09. The highest BCUT2D eigenvalue weighted by atomic mass is 16.4. The van der Waals surface area contributed by atoms with E-state index in [2.05, 4.69) is 10.1 Å². The van der Waals surface area contributed by atoms with Gasteiger partial charge in [0.05, 0.1) is 5.69 Å². The zero-order valence-corrected chi connectivity index (χ0v) is 9.08. The Labute approximate surface area is 97.7 Å². The van der Waals surface area contributed by atoms with Gasteiger partial charge in [-0.05, 0) is 25.0 Å². The van der Waals surface area contributed by atoms with Crippen LogP contribution in [-0.2, 0) is 0 Å². The lowest BCUT2D eigenvalue weighted by atomic mass is 10.2. The molecule has 0 aromatic carbocycles. The van der Waals surface area contributed by atoms with Gasteiger partial charge >= 0.3 is 5.97 Å². The predicted molar refractivity (Wildman–Crippen MR) is 60.3 cm³/mol. The van der Waals surface area contributed by atoms with Crippen molar-refractivity contribution in [3.63, 3.8) is 0 Å². The van der Waals surface area contributed by atoms with Gasteiger partial charge in [0.25, 0.3) is 0 Å². The van der Waals surface area contributed by atoms with Gasteiger partial charge in [0.2, 0.25) is 0 Å². The third-order valence-electron chi connectivity index (χ3n) is 2.82. The molecule has 3 rings (SSSR count). The first-order valence-corrected chi connectivity index (χ1v) is 5.50. The number of carboxylic acid groups (broad SMARTS) is 1. The Morgan fingerprint density at radius 1 is 1.41 bits per heavy atom. The van der Waals surface area contributed by atoms with Crippen molar-refractivity contribution in [2.75, 3.05) is 0 Å². The largest absolute Gasteiger partial charge is 0.478 e. The minimum atomic E-state index is -0.922. The molecule has 0 aliphatic heterocycles. The summed E-state index contributed by atoms with van der Waals surface area (Å²) in [5.41, 5.74) is 0.973. The molecular formula is C12H11N3O2. The molecule has 0 radical (unpaired) electrons. The Morgan fingerprint density at radius 3 is 2.82 bits per heavy atom. The van der Waals surface area contributed by atoms with Crippen molar-refractivity contribution in [2.24, 2.45) is 0 Å². The number of aromatic nitrogens is 3. The highest BCUT2D eigenvalue weighted by molar-refractivity contribution is 5.89. The number of aromatic carboxylic acids is 1. The fraction of sp³-hybridized carbons (Fsp3) is 0.250. The van der Waals surface area contributed by atoms with Crippen molar-refractivity contribution >= 4 is 5.97 Å². The maximum Gasteiger partial charge on any atom is 0.339 e. The van der Waals surface area contributed by atoms with Crippen LogP contribution in [0.4, 0.5) is 0 Å². The van der Waals surface area contributed by atoms with Gasteiger partial charge in [-0.2, -0.15) is 5.10 Å². The van der Waals surface area contributed by atoms with Gasteiger partial charge in [-0.25, -0.2) is 14.5 Å². The summed E-state index contributed by atoms with van der Waals surface area (Å²) < 4.78 is 1.54. The SMILES string of the molecule is O=C(O)c1cn(-c2ccccn2)nc1C1CC1. The summed E-state index contributed by atoms with van der Waals surface area (Å²) in [5, 5.41) is 13.5. The molecular weight excluding hydrogens is 218 g/mol. The number of carbonyl (C=O) groups is 1. The number of carboxylic acids is 1. The van der Waals surface area contributed by atoms with E-state index in [9.17, 15) is 4.79 Å². The van der Waals surface area contributed by atoms with E-state index >= 15 is 0 Å². The molecule has 0 bridgehead atoms. The summed E-state index contributed by atoms with van der Waals surface area (Å²) in [6.07, 6.45) is 5.26. The minimum absolute atomic E-state index is 0.290. The summed E-state index contributed by atoms with van der Waals surface area (Å²) in [6.45, 7) is 0. The van der Waals surface area contributed by atoms with E-state index in [0.717, 1.165) is 12.8 Å². The van der Waals surface area contributed by atoms with Crippen molar-refractivity contribution in [3.05, 3.63) is 41.9 Å². The first-order valence-electron chi connectivity index (χ1n) is 5.50. The van der Waals surface area contributed by atoms with Gasteiger partial charge in [-0.15, -0.1) is 0 Å². The monoisotopic (exact) mass is 229 g/mol. The zero-order valence-electron chi connectivity index (χ0n) is 9.08. The highest BCUT2D eigenvalue weighted by Crippen LogP contribution is 2.40. The van der Waals surface area contributed by atoms with E-state index in [1.54, 1.807) is 18.5 Å². The van der Waals surface area contributed by atoms with Crippen LogP contribution in [0.15, 0.2) is 30.6 Å². The number of rotatable bonds is 3. The molecule has 0 saturated heterocycles. The first-order chi connectivity index (χ1) is 8.25. The van der Waals surface area contributed by atoms with Crippen molar-refractivity contribution in [1.82, 2.24) is 14.8 Å². The molecule has 1 aliphatic rings. The van der Waals surface area contributed by atoms with Gasteiger partial charge in [0, 0.05) is 18.3 Å². The summed E-state index contributed by atoms with van der Waals surface area (Å²) in [6, 6.07) is 5.46. The maximum absolute atomic E-state index is 11.1. The summed E-state index contributed by atoms with van der Waals surface area (Å²) in [5.74, 6) is 0.0297. The molecule has 5 nitrogen and oxygen atoms in total. The van der Waals surface area contributed by atoms with E-state index in [-0.39, 0.29) is 5.56 Å². The number of pyridine rings is 1. The van der Waals surface area contributed by atoms with Crippen molar-refractivity contribution in [1.29, 1.82) is 0 Å². The smallest absolute Gasteiger partial charge is 0.339 e. The molecule has 17 heavy (non-hydrogen) atoms. The van der Waals surface area contributed by atoms with Gasteiger partial charge < -0.3 is 5.11 Å². The van der Waals surface area contributed by atoms with E-state index < -0.39 is 5.97 Å². The van der Waals surface area contributed by atoms with Crippen LogP contribution < -0.4 is 0 Å². The topological polar surface area (TPSA) is 68.0 Å². The van der Waals surface area contributed by atoms with E-state index in [1.807, 2.05) is 12.1 Å². The maximum atomic E-state index is 11.1. The van der Waals surface area contributed by atoms with Gasteiger partial charge in [-0.1, -0.05) is 6.07 Å². The Kier molecular flexibility index (Phi) is 2.18. The van der Waals surface area contributed by atoms with Crippen LogP contribution >= 0.6 is 0 Å². The standard InChI is InChI=1S/C12H11N3O2/c16-12(17)9-7-15(10-3-1-2-6-13-10)14-11(9)8-4-5-8/h1-3,6-8H,4-5H2,(H,16,17). The third kappa shape index (κ3) is 1.80. The summed E-state index contributed by atoms with van der Waals surface area (Å²) in [4.78, 5) is 15.3. The number of nitrogens with zero attached hydrogens (tertiary/aromatic N) is 3. The lowest BCUT2D eigenvalue weighted by molar-refractivity contribution is 0.0695. The van der Waals surface area contributed by atoms with Crippen molar-refractivity contribution in [3.8, 4) is 5.82 Å². The Bertz CT molecular complexity index is 558. The van der Waals surface area contributed by atoms with E-state index in [1.165, 1.54) is 4.68 Å². The molecule has 1 N–H and O–H groups in total. The van der Waals surface area contributed by atoms with Crippen LogP contribution in [0.5, 0.6) is 0 Å². The molecule has 0 spiro atoms. The fourth-order valence-corrected chi connectivity index (χ4v) is 1.82. The molecule has 1 saturated carbocycles. The summed E-state index contributed by atoms with van der Waals surface area (Å²) >= 11 is 0. The van der Waals surface area contributed by atoms with Gasteiger partial charge in [-0.3, -0.25) is 0 Å². The zero-order chi connectivity index (χ0) is 11.8. The molecule has 0 amide bonds. The second-order valence-corrected chi connectivity index (χ2v) is 4.14. The van der Waals surface area contributed by atoms with E-state index in [4.69, 9.17) is 5.11 Å². The van der Waals surface area contributed by atoms with Crippen LogP contribution in [0.3, 0.4) is 0 Å². The average molecular weight is 229 g/mol. The van der Waals surface area contributed by atoms with Crippen LogP contribution in [0.1, 0.15) is 34.8 Å². The Balaban J connectivity index is 2.07. The lowest BCUT2D eigenvalue weighted by Crippen LogP contribution is -1.98. The molecule has 2 aromatic heterocycles. The van der Waals surface area contributed by atoms with Crippen LogP contribution in [0.25, 0.3) is 5.82 Å². The molecule has 2 aromatic rings. The normalized spacial score (nSPS) is 14.8. The second kappa shape index (κ2) is 3.69. The number of hydrogen-bond donors (Lipinski definition) is 1. The van der Waals surface area contributed by atoms with Crippen LogP contribution in [-0.4, -0.2) is 25.8 Å². The molecule has 1 aliphatic carbocycles. The molecule has 0 atom stereocenters. The van der Waals surface area contributed by atoms with Crippen LogP contribution in [0, 0.1) is 0 Å². The predicted octanol–water partition coefficient (Wildman–Crippen LogP) is 1.84. The first kappa shape index (κ1) is 10.0. The minimum Gasteiger partial charge on any atom is -0.478 e. The lowest BCUT2D eigenvalue weighted by Gasteiger charge is -1.97. The molecule has 2 heterocycles. The fourth-order valence-electron chi connectivity index (χ4n) is 1.82. The Morgan fingerprint density at radius 2 is 2.24 bits per heavy atom. The quantitative estimate of drug-likeness (QED) is 0.872. The molecule has 1 fully saturated rings. The van der Waals surface area contributed by atoms with E-state index in [0.29, 0.717) is 17.4 Å².